The van der Waals surface area contributed by atoms with Crippen molar-refractivity contribution < 1.29 is 0 Å². The van der Waals surface area contributed by atoms with Gasteiger partial charge in [-0.3, -0.25) is 0 Å². The molecule has 12 rings (SSSR count). The Bertz CT molecular complexity index is 4550. The van der Waals surface area contributed by atoms with Crippen LogP contribution in [0.15, 0.2) is 339 Å². The molecule has 2 atom stereocenters. The van der Waals surface area contributed by atoms with Gasteiger partial charge in [-0.25, -0.2) is 0 Å². The Labute approximate surface area is 514 Å². The molecule has 1 aliphatic carbocycles. The SMILES string of the molecule is C=C/C=C(\C=C/C)C1=C(C(C=C)Cc2c(C)n(-c3ccc(N(c4ccccc4)c4ccc(C(C)c5ccccc5/C(c5ccc(-c6ccccc6)cc5)=c5/ccccc5=C)cc4)cc3)c3ccc(-c4ccccc4-c4ccccc4)cc23)C=CCC=C1. The Morgan fingerprint density at radius 2 is 1.15 bits per heavy atom. The molecule has 1 aliphatic rings. The van der Waals surface area contributed by atoms with Gasteiger partial charge in [0.05, 0.1) is 5.52 Å². The number of rotatable bonds is 18. The molecule has 0 saturated heterocycles. The molecule has 0 N–H and O–H groups in total. The van der Waals surface area contributed by atoms with Crippen LogP contribution in [0.5, 0.6) is 0 Å². The number of allylic oxidation sites excluding steroid dienone is 12. The zero-order valence-corrected chi connectivity index (χ0v) is 50.0. The van der Waals surface area contributed by atoms with Gasteiger partial charge in [0.25, 0.3) is 0 Å². The summed E-state index contributed by atoms with van der Waals surface area (Å²) >= 11 is 0. The zero-order valence-electron chi connectivity index (χ0n) is 50.0. The Morgan fingerprint density at radius 3 is 1.83 bits per heavy atom. The van der Waals surface area contributed by atoms with Crippen LogP contribution in [-0.4, -0.2) is 4.57 Å². The van der Waals surface area contributed by atoms with Crippen molar-refractivity contribution in [2.24, 2.45) is 5.92 Å². The molecule has 0 spiro atoms. The van der Waals surface area contributed by atoms with Gasteiger partial charge < -0.3 is 9.47 Å². The van der Waals surface area contributed by atoms with E-state index in [1.807, 2.05) is 6.08 Å². The molecular weight excluding hydrogens is 1050 g/mol. The van der Waals surface area contributed by atoms with Crippen LogP contribution >= 0.6 is 0 Å². The minimum atomic E-state index is 0.0248. The van der Waals surface area contributed by atoms with E-state index in [1.54, 1.807) is 0 Å². The normalized spacial score (nSPS) is 13.6. The maximum atomic E-state index is 4.53. The van der Waals surface area contributed by atoms with Crippen molar-refractivity contribution in [2.75, 3.05) is 4.90 Å². The van der Waals surface area contributed by atoms with Gasteiger partial charge in [-0.05, 0) is 181 Å². The van der Waals surface area contributed by atoms with Crippen LogP contribution in [0, 0.1) is 12.8 Å². The molecule has 2 nitrogen and oxygen atoms in total. The summed E-state index contributed by atoms with van der Waals surface area (Å²) in [4.78, 5) is 2.36. The van der Waals surface area contributed by atoms with E-state index in [-0.39, 0.29) is 11.8 Å². The Morgan fingerprint density at radius 1 is 0.575 bits per heavy atom. The summed E-state index contributed by atoms with van der Waals surface area (Å²) in [6.07, 6.45) is 21.2. The third-order valence-corrected chi connectivity index (χ3v) is 17.2. The van der Waals surface area contributed by atoms with Crippen molar-refractivity contribution in [1.29, 1.82) is 0 Å². The first-order chi connectivity index (χ1) is 42.8. The molecule has 0 fully saturated rings. The standard InChI is InChI=1S/C85H72N2/c1-7-28-67(29-8-2)78-40-21-13-20-39-77(78)63(9-3)58-82-62(6)86(84-57-50-70(59-83(82)84)80-42-26-25-41-79(80)68-33-16-11-17-34-68)72-53-55-74(56-54-72)87(71-35-18-12-19-36-71)73-51-48-64(49-52-73)61(5)76-38-24-27-43-81(76)85(75-37-23-22-30-60(75)4)69-46-44-66(45-47-69)65-31-14-10-15-32-65/h7-12,14-57,59,61,63H,1,3-4,13,58H2,2,5-6H3/b29-8-,67-28+,85-75-. The quantitative estimate of drug-likeness (QED) is 0.0614. The van der Waals surface area contributed by atoms with Crippen LogP contribution in [0.2, 0.25) is 0 Å². The van der Waals surface area contributed by atoms with E-state index in [0.717, 1.165) is 62.7 Å². The lowest BCUT2D eigenvalue weighted by atomic mass is 9.84. The second kappa shape index (κ2) is 26.2. The highest BCUT2D eigenvalue weighted by atomic mass is 15.1. The van der Waals surface area contributed by atoms with E-state index in [2.05, 4.69) is 353 Å². The molecule has 0 amide bonds. The molecule has 87 heavy (non-hydrogen) atoms. The predicted octanol–water partition coefficient (Wildman–Crippen LogP) is 21.1. The lowest BCUT2D eigenvalue weighted by Crippen LogP contribution is -2.26. The van der Waals surface area contributed by atoms with Gasteiger partial charge in [-0.2, -0.15) is 0 Å². The fourth-order valence-corrected chi connectivity index (χ4v) is 12.8. The highest BCUT2D eigenvalue weighted by molar-refractivity contribution is 5.94. The van der Waals surface area contributed by atoms with Gasteiger partial charge in [0.1, 0.15) is 0 Å². The molecular formula is C85H72N2. The first-order valence-corrected chi connectivity index (χ1v) is 30.3. The largest absolute Gasteiger partial charge is 0.314 e. The number of benzene rings is 10. The van der Waals surface area contributed by atoms with E-state index in [1.165, 1.54) is 83.4 Å². The van der Waals surface area contributed by atoms with Gasteiger partial charge in [-0.15, -0.1) is 6.58 Å². The second-order valence-electron chi connectivity index (χ2n) is 22.4. The molecule has 2 heteroatoms. The average molecular weight is 1120 g/mol. The number of hydrogen-bond acceptors (Lipinski definition) is 1. The van der Waals surface area contributed by atoms with E-state index in [0.29, 0.717) is 0 Å². The number of fused-ring (bicyclic) bond motifs is 1. The van der Waals surface area contributed by atoms with E-state index in [9.17, 15) is 0 Å². The van der Waals surface area contributed by atoms with Crippen LogP contribution in [0.3, 0.4) is 0 Å². The highest BCUT2D eigenvalue weighted by Crippen LogP contribution is 2.42. The van der Waals surface area contributed by atoms with Crippen molar-refractivity contribution in [2.45, 2.75) is 39.5 Å². The van der Waals surface area contributed by atoms with Gasteiger partial charge >= 0.3 is 0 Å². The van der Waals surface area contributed by atoms with Crippen molar-refractivity contribution in [1.82, 2.24) is 4.57 Å². The van der Waals surface area contributed by atoms with Gasteiger partial charge in [0, 0.05) is 45.7 Å². The fraction of sp³-hybridized carbons (Fsp3) is 0.0824. The minimum Gasteiger partial charge on any atom is -0.314 e. The molecule has 2 unspecified atom stereocenters. The molecule has 1 heterocycles. The molecule has 422 valence electrons. The Balaban J connectivity index is 0.920. The summed E-state index contributed by atoms with van der Waals surface area (Å²) in [5.41, 5.74) is 24.8. The number of hydrogen-bond donors (Lipinski definition) is 0. The third-order valence-electron chi connectivity index (χ3n) is 17.2. The topological polar surface area (TPSA) is 8.17 Å². The number of aromatic nitrogens is 1. The summed E-state index contributed by atoms with van der Waals surface area (Å²) in [6, 6.07) is 92.6. The maximum Gasteiger partial charge on any atom is 0.0534 e. The zero-order chi connectivity index (χ0) is 59.6. The summed E-state index contributed by atoms with van der Waals surface area (Å²) < 4.78 is 2.46. The number of anilines is 3. The summed E-state index contributed by atoms with van der Waals surface area (Å²) in [6.45, 7) is 19.8. The molecule has 11 aromatic rings. The molecule has 0 bridgehead atoms. The van der Waals surface area contributed by atoms with Gasteiger partial charge in [0.15, 0.2) is 0 Å². The van der Waals surface area contributed by atoms with Gasteiger partial charge in [-0.1, -0.05) is 269 Å². The van der Waals surface area contributed by atoms with Crippen LogP contribution in [0.25, 0.3) is 62.1 Å². The van der Waals surface area contributed by atoms with Crippen LogP contribution < -0.4 is 15.3 Å². The average Bonchev–Trinajstić information content (AvgIpc) is 1.79. The summed E-state index contributed by atoms with van der Waals surface area (Å²) in [5.74, 6) is 0.108. The van der Waals surface area contributed by atoms with E-state index >= 15 is 0 Å². The Hall–Kier alpha value is -10.5. The molecule has 10 aromatic carbocycles. The Kier molecular flexibility index (Phi) is 17.1. The minimum absolute atomic E-state index is 0.0248. The lowest BCUT2D eigenvalue weighted by molar-refractivity contribution is 0.765. The number of nitrogens with zero attached hydrogens (tertiary/aromatic N) is 2. The first kappa shape index (κ1) is 56.9. The second-order valence-corrected chi connectivity index (χ2v) is 22.4. The molecule has 0 aliphatic heterocycles. The van der Waals surface area contributed by atoms with Crippen LogP contribution in [0.1, 0.15) is 59.7 Å². The third kappa shape index (κ3) is 11.8. The fourth-order valence-electron chi connectivity index (χ4n) is 12.8. The molecule has 1 aromatic heterocycles. The first-order valence-electron chi connectivity index (χ1n) is 30.3. The smallest absolute Gasteiger partial charge is 0.0534 e. The van der Waals surface area contributed by atoms with Crippen LogP contribution in [-0.2, 0) is 6.42 Å². The van der Waals surface area contributed by atoms with E-state index in [4.69, 9.17) is 0 Å². The van der Waals surface area contributed by atoms with Crippen molar-refractivity contribution in [3.63, 3.8) is 0 Å². The van der Waals surface area contributed by atoms with Crippen molar-refractivity contribution in [3.05, 3.63) is 383 Å². The molecule has 0 radical (unpaired) electrons. The van der Waals surface area contributed by atoms with Gasteiger partial charge in [0.2, 0.25) is 0 Å². The number of para-hydroxylation sites is 1. The maximum absolute atomic E-state index is 4.53. The predicted molar refractivity (Wildman–Crippen MR) is 373 cm³/mol. The monoisotopic (exact) mass is 1120 g/mol. The summed E-state index contributed by atoms with van der Waals surface area (Å²) in [5, 5.41) is 3.36. The highest BCUT2D eigenvalue weighted by Gasteiger charge is 2.24. The lowest BCUT2D eigenvalue weighted by Gasteiger charge is -2.26. The van der Waals surface area contributed by atoms with Crippen LogP contribution in [0.4, 0.5) is 17.1 Å². The summed E-state index contributed by atoms with van der Waals surface area (Å²) in [7, 11) is 0. The van der Waals surface area contributed by atoms with Crippen molar-refractivity contribution >= 4 is 40.1 Å². The molecule has 0 saturated carbocycles. The van der Waals surface area contributed by atoms with Crippen molar-refractivity contribution in [3.8, 4) is 39.1 Å². The van der Waals surface area contributed by atoms with E-state index < -0.39 is 0 Å².